The molecule has 0 radical (unpaired) electrons. The number of aliphatic hydroxyl groups excluding tert-OH is 1. The summed E-state index contributed by atoms with van der Waals surface area (Å²) in [4.78, 5) is 48.5. The average Bonchev–Trinajstić information content (AvgIpc) is 3.39. The van der Waals surface area contributed by atoms with Gasteiger partial charge in [0.1, 0.15) is 12.7 Å². The Morgan fingerprint density at radius 3 is 1.19 bits per heavy atom. The van der Waals surface area contributed by atoms with Gasteiger partial charge in [0.05, 0.1) is 26.2 Å². The molecule has 0 aliphatic rings. The van der Waals surface area contributed by atoms with Crippen molar-refractivity contribution in [2.75, 3.05) is 26.4 Å². The minimum Gasteiger partial charge on any atom is -0.462 e. The van der Waals surface area contributed by atoms with E-state index < -0.39 is 57.8 Å². The Hall–Kier alpha value is -3.60. The van der Waals surface area contributed by atoms with Crippen LogP contribution in [0, 0.1) is 0 Å². The molecule has 0 bridgehead atoms. The number of unbranched alkanes of at least 4 members (excludes halogenated alkanes) is 21. The summed E-state index contributed by atoms with van der Waals surface area (Å²) in [6, 6.07) is 0. The second-order valence-corrected chi connectivity index (χ2v) is 20.5. The first-order chi connectivity index (χ1) is 36.2. The van der Waals surface area contributed by atoms with Gasteiger partial charge in [-0.3, -0.25) is 23.4 Å². The van der Waals surface area contributed by atoms with Crippen LogP contribution in [-0.2, 0) is 42.2 Å². The maximum atomic E-state index is 12.9. The zero-order valence-corrected chi connectivity index (χ0v) is 47.7. The van der Waals surface area contributed by atoms with Crippen molar-refractivity contribution < 1.29 is 52.2 Å². The molecule has 74 heavy (non-hydrogen) atoms. The van der Waals surface area contributed by atoms with Crippen molar-refractivity contribution in [3.63, 3.8) is 0 Å². The predicted molar refractivity (Wildman–Crippen MR) is 307 cm³/mol. The number of ether oxygens (including phenoxy) is 3. The molecule has 424 valence electrons. The van der Waals surface area contributed by atoms with Crippen LogP contribution in [0.5, 0.6) is 0 Å². The summed E-state index contributed by atoms with van der Waals surface area (Å²) in [5.74, 6) is -1.63. The number of hydrogen-bond acceptors (Lipinski definition) is 10. The Labute approximate surface area is 451 Å². The van der Waals surface area contributed by atoms with Crippen LogP contribution < -0.4 is 0 Å². The van der Waals surface area contributed by atoms with Gasteiger partial charge in [-0.05, 0) is 77.0 Å². The SMILES string of the molecule is CC/C=C\C/C=C\C/C=C\C/C=C\C/C=C\CC(=O)OC(COC(=O)CCCCCCCCC/C=C\C/C=C\C/C=C\CC)COP(=O)(O)OCC(CO)OC(=O)CCCCCCCCCCCCCCCCC. The molecule has 0 spiro atoms. The zero-order chi connectivity index (χ0) is 54.1. The largest absolute Gasteiger partial charge is 0.472 e. The first kappa shape index (κ1) is 70.4. The van der Waals surface area contributed by atoms with Crippen LogP contribution in [0.2, 0.25) is 0 Å². The highest BCUT2D eigenvalue weighted by molar-refractivity contribution is 7.47. The Morgan fingerprint density at radius 2 is 0.757 bits per heavy atom. The van der Waals surface area contributed by atoms with Crippen molar-refractivity contribution >= 4 is 25.7 Å². The van der Waals surface area contributed by atoms with Gasteiger partial charge in [0.25, 0.3) is 0 Å². The molecule has 3 atom stereocenters. The second kappa shape index (κ2) is 55.6. The number of phosphoric ester groups is 1. The maximum Gasteiger partial charge on any atom is 0.472 e. The molecule has 3 unspecified atom stereocenters. The van der Waals surface area contributed by atoms with Crippen molar-refractivity contribution in [2.45, 2.75) is 251 Å². The van der Waals surface area contributed by atoms with Crippen molar-refractivity contribution in [1.29, 1.82) is 0 Å². The van der Waals surface area contributed by atoms with Gasteiger partial charge in [-0.1, -0.05) is 240 Å². The quantitative estimate of drug-likeness (QED) is 0.0197. The summed E-state index contributed by atoms with van der Waals surface area (Å²) >= 11 is 0. The summed E-state index contributed by atoms with van der Waals surface area (Å²) in [5.41, 5.74) is 0. The summed E-state index contributed by atoms with van der Waals surface area (Å²) in [6.07, 6.45) is 65.4. The predicted octanol–water partition coefficient (Wildman–Crippen LogP) is 17.3. The normalized spacial score (nSPS) is 14.1. The molecular formula is C62H105O11P. The summed E-state index contributed by atoms with van der Waals surface area (Å²) in [5, 5.41) is 9.82. The van der Waals surface area contributed by atoms with Gasteiger partial charge in [-0.25, -0.2) is 4.57 Å². The molecule has 0 amide bonds. The number of carbonyl (C=O) groups excluding carboxylic acids is 3. The van der Waals surface area contributed by atoms with Gasteiger partial charge in [-0.2, -0.15) is 0 Å². The molecule has 0 saturated heterocycles. The first-order valence-corrected chi connectivity index (χ1v) is 30.6. The lowest BCUT2D eigenvalue weighted by atomic mass is 10.0. The van der Waals surface area contributed by atoms with E-state index in [4.69, 9.17) is 23.3 Å². The van der Waals surface area contributed by atoms with E-state index in [0.29, 0.717) is 19.3 Å². The molecule has 0 aliphatic carbocycles. The van der Waals surface area contributed by atoms with Crippen molar-refractivity contribution in [3.05, 3.63) is 97.2 Å². The molecule has 0 heterocycles. The van der Waals surface area contributed by atoms with E-state index in [2.05, 4.69) is 93.7 Å². The number of phosphoric acid groups is 1. The number of carbonyl (C=O) groups is 3. The topological polar surface area (TPSA) is 155 Å². The highest BCUT2D eigenvalue weighted by Gasteiger charge is 2.28. The molecule has 0 fully saturated rings. The minimum absolute atomic E-state index is 0.0695. The lowest BCUT2D eigenvalue weighted by Gasteiger charge is -2.21. The van der Waals surface area contributed by atoms with Gasteiger partial charge in [-0.15, -0.1) is 0 Å². The molecule has 0 aliphatic heterocycles. The molecule has 11 nitrogen and oxygen atoms in total. The highest BCUT2D eigenvalue weighted by atomic mass is 31.2. The summed E-state index contributed by atoms with van der Waals surface area (Å²) in [6.45, 7) is 4.31. The van der Waals surface area contributed by atoms with Gasteiger partial charge in [0.15, 0.2) is 6.10 Å². The monoisotopic (exact) mass is 1060 g/mol. The molecule has 0 aromatic rings. The number of rotatable bonds is 53. The number of allylic oxidation sites excluding steroid dienone is 15. The Bertz CT molecular complexity index is 1610. The van der Waals surface area contributed by atoms with Gasteiger partial charge < -0.3 is 24.2 Å². The van der Waals surface area contributed by atoms with Crippen LogP contribution in [0.15, 0.2) is 97.2 Å². The smallest absolute Gasteiger partial charge is 0.462 e. The van der Waals surface area contributed by atoms with E-state index in [0.717, 1.165) is 96.3 Å². The molecule has 0 rings (SSSR count). The molecule has 0 aromatic carbocycles. The molecular weight excluding hydrogens is 952 g/mol. The molecule has 0 saturated carbocycles. The Kier molecular flexibility index (Phi) is 52.9. The van der Waals surface area contributed by atoms with Crippen molar-refractivity contribution in [3.8, 4) is 0 Å². The third-order valence-electron chi connectivity index (χ3n) is 12.0. The Balaban J connectivity index is 4.81. The van der Waals surface area contributed by atoms with E-state index >= 15 is 0 Å². The van der Waals surface area contributed by atoms with Gasteiger partial charge in [0, 0.05) is 12.8 Å². The van der Waals surface area contributed by atoms with Crippen molar-refractivity contribution in [2.24, 2.45) is 0 Å². The minimum atomic E-state index is -4.78. The van der Waals surface area contributed by atoms with E-state index in [1.807, 2.05) is 18.2 Å². The summed E-state index contributed by atoms with van der Waals surface area (Å²) in [7, 11) is -4.78. The highest BCUT2D eigenvalue weighted by Crippen LogP contribution is 2.43. The number of esters is 3. The second-order valence-electron chi connectivity index (χ2n) is 19.1. The van der Waals surface area contributed by atoms with Crippen LogP contribution in [0.1, 0.15) is 239 Å². The zero-order valence-electron chi connectivity index (χ0n) is 46.8. The van der Waals surface area contributed by atoms with Gasteiger partial charge in [0.2, 0.25) is 0 Å². The van der Waals surface area contributed by atoms with Crippen LogP contribution >= 0.6 is 7.82 Å². The number of hydrogen-bond donors (Lipinski definition) is 2. The fraction of sp³-hybridized carbons (Fsp3) is 0.694. The van der Waals surface area contributed by atoms with E-state index in [1.54, 1.807) is 6.08 Å². The molecule has 12 heteroatoms. The number of aliphatic hydroxyl groups is 1. The molecule has 2 N–H and O–H groups in total. The molecule has 0 aromatic heterocycles. The fourth-order valence-corrected chi connectivity index (χ4v) is 8.47. The maximum absolute atomic E-state index is 12.9. The van der Waals surface area contributed by atoms with Crippen LogP contribution in [0.4, 0.5) is 0 Å². The van der Waals surface area contributed by atoms with Crippen LogP contribution in [0.3, 0.4) is 0 Å². The standard InChI is InChI=1S/C62H105O11P/c1-4-7-10-13-16-19-22-25-28-29-32-33-36-39-42-45-48-51-60(64)69-55-59(73-62(66)53-50-47-44-41-38-35-31-27-24-21-18-15-12-9-6-3)57-71-74(67,68)70-56-58(54-63)72-61(65)52-49-46-43-40-37-34-30-26-23-20-17-14-11-8-5-2/h7,9-10,12,16,18-19,21,25,27-28,31,38,41,47,50,58-59,63H,4-6,8,11,13-15,17,20,22-24,26,29-30,32-37,39-40,42-46,48-49,51-57H2,1-3H3,(H,67,68)/b10-7-,12-9-,19-16-,21-18-,28-25-,31-27-,41-38-,50-47-. The van der Waals surface area contributed by atoms with Crippen molar-refractivity contribution in [1.82, 2.24) is 0 Å². The third kappa shape index (κ3) is 53.2. The third-order valence-corrected chi connectivity index (χ3v) is 13.0. The van der Waals surface area contributed by atoms with E-state index in [1.165, 1.54) is 83.5 Å². The summed E-state index contributed by atoms with van der Waals surface area (Å²) < 4.78 is 39.4. The van der Waals surface area contributed by atoms with Gasteiger partial charge >= 0.3 is 25.7 Å². The lowest BCUT2D eigenvalue weighted by molar-refractivity contribution is -0.160. The average molecular weight is 1060 g/mol. The first-order valence-electron chi connectivity index (χ1n) is 29.1. The van der Waals surface area contributed by atoms with E-state index in [-0.39, 0.29) is 25.9 Å². The van der Waals surface area contributed by atoms with E-state index in [9.17, 15) is 28.9 Å². The lowest BCUT2D eigenvalue weighted by Crippen LogP contribution is -2.30. The fourth-order valence-electron chi connectivity index (χ4n) is 7.68. The van der Waals surface area contributed by atoms with Crippen LogP contribution in [0.25, 0.3) is 0 Å². The van der Waals surface area contributed by atoms with Crippen LogP contribution in [-0.4, -0.2) is 66.5 Å². The Morgan fingerprint density at radius 1 is 0.405 bits per heavy atom.